The maximum Gasteiger partial charge on any atom is 0.390 e. The van der Waals surface area contributed by atoms with Gasteiger partial charge >= 0.3 is 6.18 Å². The predicted octanol–water partition coefficient (Wildman–Crippen LogP) is 3.36. The molecular formula is C11H12ClF3N2S. The van der Waals surface area contributed by atoms with Crippen molar-refractivity contribution in [2.24, 2.45) is 5.73 Å². The first-order chi connectivity index (χ1) is 8.20. The Labute approximate surface area is 114 Å². The van der Waals surface area contributed by atoms with Crippen LogP contribution in [0.1, 0.15) is 12.0 Å². The molecule has 0 aromatic heterocycles. The molecule has 0 bridgehead atoms. The number of rotatable bonds is 4. The molecule has 1 aromatic carbocycles. The normalized spacial score (nSPS) is 11.4. The summed E-state index contributed by atoms with van der Waals surface area (Å²) < 4.78 is 36.3. The first-order valence-electron chi connectivity index (χ1n) is 5.08. The summed E-state index contributed by atoms with van der Waals surface area (Å²) in [6.45, 7) is -0.133. The predicted molar refractivity (Wildman–Crippen MR) is 71.3 cm³/mol. The lowest BCUT2D eigenvalue weighted by atomic mass is 10.2. The molecule has 0 aliphatic heterocycles. The minimum Gasteiger partial charge on any atom is -0.389 e. The first-order valence-corrected chi connectivity index (χ1v) is 5.86. The molecule has 0 spiro atoms. The molecule has 0 atom stereocenters. The van der Waals surface area contributed by atoms with Crippen molar-refractivity contribution in [1.29, 1.82) is 0 Å². The number of nitrogens with zero attached hydrogens (tertiary/aromatic N) is 1. The van der Waals surface area contributed by atoms with E-state index in [2.05, 4.69) is 0 Å². The van der Waals surface area contributed by atoms with Crippen LogP contribution in [-0.4, -0.2) is 24.8 Å². The summed E-state index contributed by atoms with van der Waals surface area (Å²) in [5.74, 6) is 0. The molecule has 1 aromatic rings. The van der Waals surface area contributed by atoms with Gasteiger partial charge in [-0.1, -0.05) is 23.8 Å². The highest BCUT2D eigenvalue weighted by molar-refractivity contribution is 7.80. The second kappa shape index (κ2) is 5.75. The van der Waals surface area contributed by atoms with E-state index in [1.54, 1.807) is 25.2 Å². The fourth-order valence-electron chi connectivity index (χ4n) is 1.36. The van der Waals surface area contributed by atoms with Crippen LogP contribution in [0.15, 0.2) is 18.2 Å². The Balaban J connectivity index is 2.78. The quantitative estimate of drug-likeness (QED) is 0.864. The maximum atomic E-state index is 12.1. The molecule has 0 aliphatic carbocycles. The molecule has 1 rings (SSSR count). The van der Waals surface area contributed by atoms with Crippen LogP contribution in [0.5, 0.6) is 0 Å². The van der Waals surface area contributed by atoms with Crippen LogP contribution < -0.4 is 10.6 Å². The van der Waals surface area contributed by atoms with Crippen LogP contribution in [0.3, 0.4) is 0 Å². The van der Waals surface area contributed by atoms with Crippen LogP contribution in [0.2, 0.25) is 5.02 Å². The van der Waals surface area contributed by atoms with Crippen molar-refractivity contribution in [1.82, 2.24) is 0 Å². The van der Waals surface area contributed by atoms with Gasteiger partial charge in [0.1, 0.15) is 4.99 Å². The zero-order valence-corrected chi connectivity index (χ0v) is 11.2. The minimum atomic E-state index is -4.17. The Morgan fingerprint density at radius 1 is 1.44 bits per heavy atom. The summed E-state index contributed by atoms with van der Waals surface area (Å²) in [7, 11) is 1.57. The molecule has 2 nitrogen and oxygen atoms in total. The first kappa shape index (κ1) is 15.0. The number of hydrogen-bond acceptors (Lipinski definition) is 2. The molecule has 100 valence electrons. The lowest BCUT2D eigenvalue weighted by Gasteiger charge is -2.20. The molecule has 0 amide bonds. The molecular weight excluding hydrogens is 285 g/mol. The van der Waals surface area contributed by atoms with Crippen LogP contribution in [0.4, 0.5) is 18.9 Å². The lowest BCUT2D eigenvalue weighted by Crippen LogP contribution is -2.24. The van der Waals surface area contributed by atoms with Crippen LogP contribution in [0.25, 0.3) is 0 Å². The van der Waals surface area contributed by atoms with Gasteiger partial charge in [-0.3, -0.25) is 0 Å². The van der Waals surface area contributed by atoms with E-state index in [0.717, 1.165) is 0 Å². The van der Waals surface area contributed by atoms with Gasteiger partial charge in [0.25, 0.3) is 0 Å². The maximum absolute atomic E-state index is 12.1. The standard InChI is InChI=1S/C11H12ClF3N2S/c1-17(5-4-11(13,14)15)7-2-3-8(10(16)18)9(12)6-7/h2-3,6H,4-5H2,1H3,(H2,16,18). The van der Waals surface area contributed by atoms with Crippen molar-refractivity contribution in [3.8, 4) is 0 Å². The number of halogens is 4. The summed E-state index contributed by atoms with van der Waals surface area (Å²) in [4.78, 5) is 1.63. The second-order valence-electron chi connectivity index (χ2n) is 3.82. The number of anilines is 1. The molecule has 7 heteroatoms. The topological polar surface area (TPSA) is 29.3 Å². The third kappa shape index (κ3) is 4.34. The van der Waals surface area contributed by atoms with Crippen molar-refractivity contribution in [2.75, 3.05) is 18.5 Å². The number of nitrogens with two attached hydrogens (primary N) is 1. The van der Waals surface area contributed by atoms with E-state index in [-0.39, 0.29) is 11.5 Å². The number of benzene rings is 1. The van der Waals surface area contributed by atoms with E-state index in [9.17, 15) is 13.2 Å². The molecule has 0 fully saturated rings. The van der Waals surface area contributed by atoms with Crippen molar-refractivity contribution >= 4 is 34.5 Å². The van der Waals surface area contributed by atoms with Crippen molar-refractivity contribution in [2.45, 2.75) is 12.6 Å². The number of alkyl halides is 3. The molecule has 0 unspecified atom stereocenters. The van der Waals surface area contributed by atoms with E-state index in [1.165, 1.54) is 4.90 Å². The van der Waals surface area contributed by atoms with Crippen molar-refractivity contribution < 1.29 is 13.2 Å². The van der Waals surface area contributed by atoms with Gasteiger partial charge in [0, 0.05) is 24.8 Å². The molecule has 0 radical (unpaired) electrons. The Bertz CT molecular complexity index is 448. The van der Waals surface area contributed by atoms with E-state index >= 15 is 0 Å². The molecule has 18 heavy (non-hydrogen) atoms. The van der Waals surface area contributed by atoms with Gasteiger partial charge in [0.2, 0.25) is 0 Å². The summed E-state index contributed by atoms with van der Waals surface area (Å²) >= 11 is 10.7. The van der Waals surface area contributed by atoms with Crippen LogP contribution in [0, 0.1) is 0 Å². The van der Waals surface area contributed by atoms with E-state index < -0.39 is 12.6 Å². The van der Waals surface area contributed by atoms with Crippen LogP contribution in [-0.2, 0) is 0 Å². The zero-order chi connectivity index (χ0) is 13.9. The lowest BCUT2D eigenvalue weighted by molar-refractivity contribution is -0.132. The average Bonchev–Trinajstić information content (AvgIpc) is 2.24. The van der Waals surface area contributed by atoms with Gasteiger partial charge in [0.05, 0.1) is 11.4 Å². The fourth-order valence-corrected chi connectivity index (χ4v) is 1.88. The van der Waals surface area contributed by atoms with Gasteiger partial charge < -0.3 is 10.6 Å². The van der Waals surface area contributed by atoms with Crippen LogP contribution >= 0.6 is 23.8 Å². The average molecular weight is 297 g/mol. The largest absolute Gasteiger partial charge is 0.390 e. The summed E-state index contributed by atoms with van der Waals surface area (Å²) in [5.41, 5.74) is 6.54. The summed E-state index contributed by atoms with van der Waals surface area (Å²) in [6, 6.07) is 4.78. The van der Waals surface area contributed by atoms with E-state index in [1.807, 2.05) is 0 Å². The molecule has 0 heterocycles. The highest BCUT2D eigenvalue weighted by atomic mass is 35.5. The minimum absolute atomic E-state index is 0.133. The van der Waals surface area contributed by atoms with Crippen molar-refractivity contribution in [3.05, 3.63) is 28.8 Å². The highest BCUT2D eigenvalue weighted by Crippen LogP contribution is 2.25. The number of thiocarbonyl (C=S) groups is 1. The van der Waals surface area contributed by atoms with Crippen molar-refractivity contribution in [3.63, 3.8) is 0 Å². The smallest absolute Gasteiger partial charge is 0.389 e. The summed E-state index contributed by atoms with van der Waals surface area (Å²) in [5, 5.41) is 0.332. The Morgan fingerprint density at radius 3 is 2.50 bits per heavy atom. The Hall–Kier alpha value is -1.01. The second-order valence-corrected chi connectivity index (χ2v) is 4.66. The van der Waals surface area contributed by atoms with Gasteiger partial charge in [-0.15, -0.1) is 0 Å². The van der Waals surface area contributed by atoms with E-state index in [4.69, 9.17) is 29.6 Å². The molecule has 0 aliphatic rings. The Morgan fingerprint density at radius 2 is 2.06 bits per heavy atom. The number of hydrogen-bond donors (Lipinski definition) is 1. The monoisotopic (exact) mass is 296 g/mol. The Kier molecular flexibility index (Phi) is 4.81. The SMILES string of the molecule is CN(CCC(F)(F)F)c1ccc(C(N)=S)c(Cl)c1. The molecule has 0 saturated carbocycles. The van der Waals surface area contributed by atoms with Gasteiger partial charge in [0.15, 0.2) is 0 Å². The van der Waals surface area contributed by atoms with Gasteiger partial charge in [-0.05, 0) is 18.2 Å². The molecule has 0 saturated heterocycles. The van der Waals surface area contributed by atoms with Gasteiger partial charge in [-0.2, -0.15) is 13.2 Å². The van der Waals surface area contributed by atoms with Gasteiger partial charge in [-0.25, -0.2) is 0 Å². The van der Waals surface area contributed by atoms with E-state index in [0.29, 0.717) is 16.3 Å². The third-order valence-corrected chi connectivity index (χ3v) is 2.92. The zero-order valence-electron chi connectivity index (χ0n) is 9.59. The molecule has 2 N–H and O–H groups in total. The fraction of sp³-hybridized carbons (Fsp3) is 0.364. The highest BCUT2D eigenvalue weighted by Gasteiger charge is 2.27. The third-order valence-electron chi connectivity index (χ3n) is 2.39. The summed E-state index contributed by atoms with van der Waals surface area (Å²) in [6.07, 6.45) is -5.05.